The number of benzene rings is 1. The van der Waals surface area contributed by atoms with Crippen LogP contribution in [0, 0.1) is 12.8 Å². The first-order valence-corrected chi connectivity index (χ1v) is 12.3. The molecule has 2 aromatic heterocycles. The van der Waals surface area contributed by atoms with Crippen molar-refractivity contribution in [1.82, 2.24) is 14.8 Å². The van der Waals surface area contributed by atoms with Crippen molar-refractivity contribution in [3.63, 3.8) is 0 Å². The number of fused-ring (bicyclic) bond motifs is 1. The molecule has 1 aliphatic carbocycles. The van der Waals surface area contributed by atoms with Crippen LogP contribution in [0.5, 0.6) is 0 Å². The smallest absolute Gasteiger partial charge is 0.234 e. The maximum Gasteiger partial charge on any atom is 0.234 e. The average Bonchev–Trinajstić information content (AvgIpc) is 3.31. The van der Waals surface area contributed by atoms with E-state index >= 15 is 0 Å². The lowest BCUT2D eigenvalue weighted by Crippen LogP contribution is -2.15. The zero-order valence-electron chi connectivity index (χ0n) is 17.9. The zero-order valence-corrected chi connectivity index (χ0v) is 19.6. The lowest BCUT2D eigenvalue weighted by Gasteiger charge is -2.19. The van der Waals surface area contributed by atoms with Crippen LogP contribution < -0.4 is 5.32 Å². The van der Waals surface area contributed by atoms with Crippen molar-refractivity contribution in [2.45, 2.75) is 58.2 Å². The summed E-state index contributed by atoms with van der Waals surface area (Å²) in [6.07, 6.45) is 3.51. The predicted octanol–water partition coefficient (Wildman–Crippen LogP) is 5.75. The van der Waals surface area contributed by atoms with Crippen LogP contribution in [0.2, 0.25) is 0 Å². The summed E-state index contributed by atoms with van der Waals surface area (Å²) in [5, 5.41) is 15.0. The van der Waals surface area contributed by atoms with Gasteiger partial charge in [0.1, 0.15) is 0 Å². The van der Waals surface area contributed by atoms with Gasteiger partial charge < -0.3 is 5.32 Å². The van der Waals surface area contributed by atoms with E-state index in [1.165, 1.54) is 39.8 Å². The van der Waals surface area contributed by atoms with E-state index in [-0.39, 0.29) is 11.9 Å². The highest BCUT2D eigenvalue weighted by Crippen LogP contribution is 2.39. The quantitative estimate of drug-likeness (QED) is 0.496. The molecule has 0 bridgehead atoms. The number of hydrogen-bond donors (Lipinski definition) is 1. The highest BCUT2D eigenvalue weighted by atomic mass is 32.2. The minimum Gasteiger partial charge on any atom is -0.325 e. The Morgan fingerprint density at radius 2 is 2.07 bits per heavy atom. The number of aromatic nitrogens is 3. The van der Waals surface area contributed by atoms with Crippen molar-refractivity contribution in [3.8, 4) is 11.4 Å². The summed E-state index contributed by atoms with van der Waals surface area (Å²) < 4.78 is 2.17. The Morgan fingerprint density at radius 1 is 1.30 bits per heavy atom. The molecule has 0 radical (unpaired) electrons. The third kappa shape index (κ3) is 4.47. The van der Waals surface area contributed by atoms with Gasteiger partial charge in [-0.25, -0.2) is 0 Å². The van der Waals surface area contributed by atoms with Gasteiger partial charge in [0, 0.05) is 27.5 Å². The molecule has 1 aromatic carbocycles. The van der Waals surface area contributed by atoms with Crippen LogP contribution in [0.25, 0.3) is 11.4 Å². The molecule has 30 heavy (non-hydrogen) atoms. The summed E-state index contributed by atoms with van der Waals surface area (Å²) in [6, 6.07) is 8.05. The molecule has 0 spiro atoms. The van der Waals surface area contributed by atoms with Gasteiger partial charge >= 0.3 is 0 Å². The van der Waals surface area contributed by atoms with E-state index in [9.17, 15) is 4.79 Å². The van der Waals surface area contributed by atoms with Crippen LogP contribution in [0.1, 0.15) is 49.2 Å². The summed E-state index contributed by atoms with van der Waals surface area (Å²) in [5.41, 5.74) is 4.65. The van der Waals surface area contributed by atoms with Gasteiger partial charge in [0.25, 0.3) is 0 Å². The van der Waals surface area contributed by atoms with Crippen molar-refractivity contribution < 1.29 is 4.79 Å². The Labute approximate surface area is 186 Å². The molecule has 4 rings (SSSR count). The number of amides is 1. The van der Waals surface area contributed by atoms with Crippen molar-refractivity contribution in [2.24, 2.45) is 5.92 Å². The van der Waals surface area contributed by atoms with Crippen LogP contribution >= 0.6 is 23.1 Å². The lowest BCUT2D eigenvalue weighted by molar-refractivity contribution is -0.113. The molecule has 1 atom stereocenters. The molecule has 158 valence electrons. The summed E-state index contributed by atoms with van der Waals surface area (Å²) >= 11 is 3.29. The molecule has 5 nitrogen and oxygen atoms in total. The number of thiophene rings is 1. The first kappa shape index (κ1) is 21.1. The molecule has 1 amide bonds. The van der Waals surface area contributed by atoms with Crippen LogP contribution in [0.15, 0.2) is 34.8 Å². The number of aryl methyl sites for hydroxylation is 1. The number of anilines is 1. The topological polar surface area (TPSA) is 59.8 Å². The normalized spacial score (nSPS) is 16.0. The van der Waals surface area contributed by atoms with Gasteiger partial charge in [0.15, 0.2) is 11.0 Å². The molecule has 0 aliphatic heterocycles. The Morgan fingerprint density at radius 3 is 2.80 bits per heavy atom. The Bertz CT molecular complexity index is 1040. The van der Waals surface area contributed by atoms with E-state index in [0.29, 0.717) is 5.75 Å². The maximum absolute atomic E-state index is 12.4. The second-order valence-corrected chi connectivity index (χ2v) is 10.3. The SMILES string of the molecule is Cc1ccc(NC(=O)CSc2nnc(-c3csc4c3CCC(C)C4)n2C(C)C)cc1. The Kier molecular flexibility index (Phi) is 6.29. The Balaban J connectivity index is 1.51. The number of thioether (sulfide) groups is 1. The van der Waals surface area contributed by atoms with Crippen LogP contribution in [0.4, 0.5) is 5.69 Å². The molecule has 0 saturated carbocycles. The number of rotatable bonds is 6. The first-order chi connectivity index (χ1) is 14.4. The van der Waals surface area contributed by atoms with Crippen LogP contribution in [-0.2, 0) is 17.6 Å². The summed E-state index contributed by atoms with van der Waals surface area (Å²) in [7, 11) is 0. The van der Waals surface area contributed by atoms with Gasteiger partial charge in [0.2, 0.25) is 5.91 Å². The molecular formula is C23H28N4OS2. The van der Waals surface area contributed by atoms with Gasteiger partial charge in [-0.2, -0.15) is 0 Å². The van der Waals surface area contributed by atoms with E-state index in [1.807, 2.05) is 42.5 Å². The molecule has 1 aliphatic rings. The summed E-state index contributed by atoms with van der Waals surface area (Å²) in [6.45, 7) is 8.65. The largest absolute Gasteiger partial charge is 0.325 e. The molecule has 0 fully saturated rings. The molecule has 3 aromatic rings. The van der Waals surface area contributed by atoms with Gasteiger partial charge in [0.05, 0.1) is 5.75 Å². The fourth-order valence-electron chi connectivity index (χ4n) is 3.85. The van der Waals surface area contributed by atoms with Crippen molar-refractivity contribution >= 4 is 34.7 Å². The van der Waals surface area contributed by atoms with Crippen LogP contribution in [-0.4, -0.2) is 26.4 Å². The number of carbonyl (C=O) groups is 1. The highest BCUT2D eigenvalue weighted by molar-refractivity contribution is 7.99. The lowest BCUT2D eigenvalue weighted by atomic mass is 9.88. The molecular weight excluding hydrogens is 412 g/mol. The third-order valence-corrected chi connectivity index (χ3v) is 7.49. The number of carbonyl (C=O) groups excluding carboxylic acids is 1. The monoisotopic (exact) mass is 440 g/mol. The standard InChI is InChI=1S/C23H28N4OS2/c1-14(2)27-22(19-12-29-20-11-16(4)7-10-18(19)20)25-26-23(27)30-13-21(28)24-17-8-5-15(3)6-9-17/h5-6,8-9,12,14,16H,7,10-11,13H2,1-4H3,(H,24,28). The fraction of sp³-hybridized carbons (Fsp3) is 0.435. The fourth-order valence-corrected chi connectivity index (χ4v) is 5.96. The molecule has 1 unspecified atom stereocenters. The van der Waals surface area contributed by atoms with Crippen molar-refractivity contribution in [3.05, 3.63) is 45.6 Å². The van der Waals surface area contributed by atoms with Crippen molar-refractivity contribution in [2.75, 3.05) is 11.1 Å². The average molecular weight is 441 g/mol. The predicted molar refractivity (Wildman–Crippen MR) is 125 cm³/mol. The summed E-state index contributed by atoms with van der Waals surface area (Å²) in [4.78, 5) is 13.9. The van der Waals surface area contributed by atoms with Gasteiger partial charge in [-0.15, -0.1) is 21.5 Å². The first-order valence-electron chi connectivity index (χ1n) is 10.5. The molecule has 1 N–H and O–H groups in total. The molecule has 7 heteroatoms. The second kappa shape index (κ2) is 8.94. The maximum atomic E-state index is 12.4. The number of hydrogen-bond acceptors (Lipinski definition) is 5. The third-order valence-electron chi connectivity index (χ3n) is 5.49. The van der Waals surface area contributed by atoms with Gasteiger partial charge in [-0.3, -0.25) is 9.36 Å². The van der Waals surface area contributed by atoms with Gasteiger partial charge in [-0.1, -0.05) is 36.4 Å². The van der Waals surface area contributed by atoms with E-state index in [4.69, 9.17) is 0 Å². The minimum atomic E-state index is -0.0365. The second-order valence-electron chi connectivity index (χ2n) is 8.37. The number of nitrogens with one attached hydrogen (secondary N) is 1. The van der Waals surface area contributed by atoms with E-state index in [2.05, 4.69) is 46.2 Å². The molecule has 2 heterocycles. The van der Waals surface area contributed by atoms with E-state index < -0.39 is 0 Å². The molecule has 0 saturated heterocycles. The van der Waals surface area contributed by atoms with E-state index in [0.717, 1.165) is 35.4 Å². The Hall–Kier alpha value is -2.12. The van der Waals surface area contributed by atoms with Crippen molar-refractivity contribution in [1.29, 1.82) is 0 Å². The zero-order chi connectivity index (χ0) is 21.3. The highest BCUT2D eigenvalue weighted by Gasteiger charge is 2.25. The summed E-state index contributed by atoms with van der Waals surface area (Å²) in [5.74, 6) is 1.95. The van der Waals surface area contributed by atoms with Crippen LogP contribution in [0.3, 0.4) is 0 Å². The minimum absolute atomic E-state index is 0.0365. The van der Waals surface area contributed by atoms with Gasteiger partial charge in [-0.05, 0) is 63.6 Å². The van der Waals surface area contributed by atoms with E-state index in [1.54, 1.807) is 0 Å². The number of nitrogens with zero attached hydrogens (tertiary/aromatic N) is 3.